The highest BCUT2D eigenvalue weighted by Gasteiger charge is 2.31. The molecule has 3 nitrogen and oxygen atoms in total. The Morgan fingerprint density at radius 1 is 1.19 bits per heavy atom. The zero-order valence-electron chi connectivity index (χ0n) is 17.5. The van der Waals surface area contributed by atoms with Crippen molar-refractivity contribution in [2.24, 2.45) is 0 Å². The lowest BCUT2D eigenvalue weighted by atomic mass is 10.1. The second-order valence-electron chi connectivity index (χ2n) is 8.12. The number of ether oxygens (including phenoxy) is 1. The van der Waals surface area contributed by atoms with E-state index in [-0.39, 0.29) is 12.5 Å². The number of carbonyl (C=O) groups excluding carboxylic acids is 1. The number of benzene rings is 2. The van der Waals surface area contributed by atoms with Crippen molar-refractivity contribution in [1.82, 2.24) is 4.57 Å². The summed E-state index contributed by atoms with van der Waals surface area (Å²) in [6.45, 7) is 9.51. The summed E-state index contributed by atoms with van der Waals surface area (Å²) in [5.74, 6) is 3.08. The molecule has 0 radical (unpaired) electrons. The predicted octanol–water partition coefficient (Wildman–Crippen LogP) is 6.29. The van der Waals surface area contributed by atoms with Crippen LogP contribution in [0.25, 0.3) is 10.9 Å². The van der Waals surface area contributed by atoms with Gasteiger partial charge in [0.2, 0.25) is 0 Å². The van der Waals surface area contributed by atoms with Crippen molar-refractivity contribution in [1.29, 1.82) is 0 Å². The number of alkyl halides is 3. The van der Waals surface area contributed by atoms with E-state index >= 15 is 0 Å². The SMILES string of the molecule is C=CC(=O)n1ccc2c(OCc3cc(C#C[Si](C)(C)C)cc(C(F)(F)F)c3)cccc21. The smallest absolute Gasteiger partial charge is 0.416 e. The Balaban J connectivity index is 1.94. The predicted molar refractivity (Wildman–Crippen MR) is 119 cm³/mol. The molecule has 0 fully saturated rings. The maximum Gasteiger partial charge on any atom is 0.416 e. The van der Waals surface area contributed by atoms with Crippen molar-refractivity contribution in [2.75, 3.05) is 0 Å². The molecule has 0 amide bonds. The van der Waals surface area contributed by atoms with Crippen LogP contribution in [0.4, 0.5) is 13.2 Å². The lowest BCUT2D eigenvalue weighted by molar-refractivity contribution is -0.137. The van der Waals surface area contributed by atoms with Crippen molar-refractivity contribution in [2.45, 2.75) is 32.4 Å². The topological polar surface area (TPSA) is 31.2 Å². The van der Waals surface area contributed by atoms with E-state index in [1.54, 1.807) is 36.5 Å². The lowest BCUT2D eigenvalue weighted by Gasteiger charge is -2.12. The van der Waals surface area contributed by atoms with E-state index in [0.717, 1.165) is 12.1 Å². The fraction of sp³-hybridized carbons (Fsp3) is 0.208. The number of carbonyl (C=O) groups is 1. The number of aromatic nitrogens is 1. The van der Waals surface area contributed by atoms with Crippen LogP contribution in [0.2, 0.25) is 19.6 Å². The van der Waals surface area contributed by atoms with Crippen molar-refractivity contribution < 1.29 is 22.7 Å². The van der Waals surface area contributed by atoms with Crippen LogP contribution in [-0.4, -0.2) is 18.5 Å². The van der Waals surface area contributed by atoms with E-state index in [1.807, 2.05) is 19.6 Å². The molecule has 7 heteroatoms. The van der Waals surface area contributed by atoms with Gasteiger partial charge in [-0.15, -0.1) is 5.54 Å². The Hall–Kier alpha value is -3.24. The van der Waals surface area contributed by atoms with Crippen molar-refractivity contribution in [3.05, 3.63) is 78.0 Å². The molecule has 3 aromatic rings. The molecule has 160 valence electrons. The summed E-state index contributed by atoms with van der Waals surface area (Å²) in [7, 11) is -1.74. The quantitative estimate of drug-likeness (QED) is 0.271. The Bertz CT molecular complexity index is 1210. The summed E-state index contributed by atoms with van der Waals surface area (Å²) >= 11 is 0. The molecule has 0 bridgehead atoms. The first-order valence-electron chi connectivity index (χ1n) is 9.62. The van der Waals surface area contributed by atoms with Crippen LogP contribution in [0.3, 0.4) is 0 Å². The second kappa shape index (κ2) is 8.48. The number of rotatable bonds is 4. The summed E-state index contributed by atoms with van der Waals surface area (Å²) < 4.78 is 47.4. The highest BCUT2D eigenvalue weighted by atomic mass is 28.3. The fourth-order valence-electron chi connectivity index (χ4n) is 2.99. The van der Waals surface area contributed by atoms with E-state index in [4.69, 9.17) is 4.74 Å². The van der Waals surface area contributed by atoms with Gasteiger partial charge >= 0.3 is 6.18 Å². The molecule has 1 aromatic heterocycles. The maximum absolute atomic E-state index is 13.4. The molecule has 0 N–H and O–H groups in total. The number of hydrogen-bond donors (Lipinski definition) is 0. The molecule has 0 saturated carbocycles. The third kappa shape index (κ3) is 5.47. The zero-order chi connectivity index (χ0) is 22.8. The molecule has 0 aliphatic carbocycles. The minimum atomic E-state index is -4.48. The van der Waals surface area contributed by atoms with Crippen LogP contribution in [0.5, 0.6) is 5.75 Å². The first-order valence-corrected chi connectivity index (χ1v) is 13.1. The van der Waals surface area contributed by atoms with Crippen LogP contribution < -0.4 is 4.74 Å². The van der Waals surface area contributed by atoms with Gasteiger partial charge in [-0.1, -0.05) is 38.2 Å². The minimum absolute atomic E-state index is 0.0642. The molecule has 0 unspecified atom stereocenters. The molecule has 0 aliphatic rings. The van der Waals surface area contributed by atoms with Crippen LogP contribution in [0.15, 0.2) is 61.3 Å². The average Bonchev–Trinajstić information content (AvgIpc) is 3.13. The third-order valence-electron chi connectivity index (χ3n) is 4.40. The highest BCUT2D eigenvalue weighted by molar-refractivity contribution is 6.83. The van der Waals surface area contributed by atoms with Crippen molar-refractivity contribution >= 4 is 24.9 Å². The number of hydrogen-bond acceptors (Lipinski definition) is 2. The average molecular weight is 442 g/mol. The molecule has 3 rings (SSSR count). The Morgan fingerprint density at radius 3 is 2.58 bits per heavy atom. The fourth-order valence-corrected chi connectivity index (χ4v) is 3.51. The molecule has 0 aliphatic heterocycles. The summed E-state index contributed by atoms with van der Waals surface area (Å²) in [5.41, 5.74) is 3.66. The summed E-state index contributed by atoms with van der Waals surface area (Å²) in [6.07, 6.45) is -1.66. The first-order chi connectivity index (χ1) is 14.5. The molecule has 0 atom stereocenters. The summed E-state index contributed by atoms with van der Waals surface area (Å²) in [6, 6.07) is 10.7. The van der Waals surface area contributed by atoms with E-state index in [1.165, 1.54) is 10.6 Å². The van der Waals surface area contributed by atoms with Gasteiger partial charge in [0.05, 0.1) is 11.1 Å². The number of nitrogens with zero attached hydrogens (tertiary/aromatic N) is 1. The molecule has 2 aromatic carbocycles. The maximum atomic E-state index is 13.4. The molecule has 31 heavy (non-hydrogen) atoms. The van der Waals surface area contributed by atoms with Gasteiger partial charge < -0.3 is 4.74 Å². The van der Waals surface area contributed by atoms with Crippen molar-refractivity contribution in [3.8, 4) is 17.2 Å². The van der Waals surface area contributed by atoms with E-state index in [9.17, 15) is 18.0 Å². The van der Waals surface area contributed by atoms with Crippen molar-refractivity contribution in [3.63, 3.8) is 0 Å². The minimum Gasteiger partial charge on any atom is -0.488 e. The van der Waals surface area contributed by atoms with Crippen LogP contribution in [0, 0.1) is 11.5 Å². The summed E-state index contributed by atoms with van der Waals surface area (Å²) in [5, 5.41) is 0.684. The van der Waals surface area contributed by atoms with Gasteiger partial charge in [-0.2, -0.15) is 13.2 Å². The van der Waals surface area contributed by atoms with Gasteiger partial charge in [0.15, 0.2) is 0 Å². The Kier molecular flexibility index (Phi) is 6.14. The third-order valence-corrected chi connectivity index (χ3v) is 5.28. The number of halogens is 3. The van der Waals surface area contributed by atoms with Gasteiger partial charge in [0, 0.05) is 17.1 Å². The van der Waals surface area contributed by atoms with E-state index in [0.29, 0.717) is 27.8 Å². The molecular weight excluding hydrogens is 419 g/mol. The summed E-state index contributed by atoms with van der Waals surface area (Å²) in [4.78, 5) is 12.0. The van der Waals surface area contributed by atoms with Gasteiger partial charge in [-0.05, 0) is 48.0 Å². The van der Waals surface area contributed by atoms with Gasteiger partial charge in [0.1, 0.15) is 20.4 Å². The number of fused-ring (bicyclic) bond motifs is 1. The normalized spacial score (nSPS) is 11.7. The molecule has 0 saturated heterocycles. The van der Waals surface area contributed by atoms with Crippen LogP contribution in [-0.2, 0) is 12.8 Å². The zero-order valence-corrected chi connectivity index (χ0v) is 18.5. The highest BCUT2D eigenvalue weighted by Crippen LogP contribution is 2.32. The largest absolute Gasteiger partial charge is 0.488 e. The second-order valence-corrected chi connectivity index (χ2v) is 12.9. The van der Waals surface area contributed by atoms with E-state index < -0.39 is 19.8 Å². The van der Waals surface area contributed by atoms with Crippen LogP contribution in [0.1, 0.15) is 21.5 Å². The monoisotopic (exact) mass is 441 g/mol. The van der Waals surface area contributed by atoms with Gasteiger partial charge in [-0.3, -0.25) is 9.36 Å². The standard InChI is InChI=1S/C24H22F3NO2Si/c1-5-23(29)28-11-9-20-21(28)7-6-8-22(20)30-16-18-13-17(10-12-31(2,3)4)14-19(15-18)24(25,26)27/h5-9,11,13-15H,1,16H2,2-4H3. The lowest BCUT2D eigenvalue weighted by Crippen LogP contribution is -2.16. The molecular formula is C24H22F3NO2Si. The Labute approximate surface area is 180 Å². The molecule has 1 heterocycles. The van der Waals surface area contributed by atoms with Crippen LogP contribution >= 0.6 is 0 Å². The van der Waals surface area contributed by atoms with Gasteiger partial charge in [-0.25, -0.2) is 0 Å². The van der Waals surface area contributed by atoms with E-state index in [2.05, 4.69) is 18.0 Å². The number of allylic oxidation sites excluding steroid dienone is 1. The van der Waals surface area contributed by atoms with Gasteiger partial charge in [0.25, 0.3) is 5.91 Å². The first kappa shape index (κ1) is 22.4. The Morgan fingerprint density at radius 2 is 1.94 bits per heavy atom. The molecule has 0 spiro atoms.